The molecule has 0 aromatic rings. The first-order valence-corrected chi connectivity index (χ1v) is 7.47. The van der Waals surface area contributed by atoms with Crippen LogP contribution in [0.5, 0.6) is 0 Å². The zero-order chi connectivity index (χ0) is 12.9. The lowest BCUT2D eigenvalue weighted by Crippen LogP contribution is -2.47. The molecule has 102 valence electrons. The van der Waals surface area contributed by atoms with E-state index in [0.717, 1.165) is 18.6 Å². The first-order chi connectivity index (χ1) is 7.81. The summed E-state index contributed by atoms with van der Waals surface area (Å²) in [6, 6.07) is 0.436. The molecule has 4 heteroatoms. The molecule has 0 saturated carbocycles. The van der Waals surface area contributed by atoms with Crippen molar-refractivity contribution < 1.29 is 9.84 Å². The van der Waals surface area contributed by atoms with Crippen LogP contribution in [-0.4, -0.2) is 47.0 Å². The van der Waals surface area contributed by atoms with E-state index in [1.807, 2.05) is 11.8 Å². The summed E-state index contributed by atoms with van der Waals surface area (Å²) in [7, 11) is 0. The first kappa shape index (κ1) is 15.3. The van der Waals surface area contributed by atoms with Crippen LogP contribution >= 0.6 is 11.8 Å². The fourth-order valence-corrected chi connectivity index (χ4v) is 2.59. The number of nitrogens with one attached hydrogen (secondary N) is 1. The largest absolute Gasteiger partial charge is 0.388 e. The number of ether oxygens (including phenoxy) is 1. The van der Waals surface area contributed by atoms with Crippen LogP contribution in [-0.2, 0) is 4.74 Å². The monoisotopic (exact) mass is 261 g/mol. The molecular formula is C13H27NO2S. The van der Waals surface area contributed by atoms with Crippen molar-refractivity contribution in [3.05, 3.63) is 0 Å². The van der Waals surface area contributed by atoms with Gasteiger partial charge in [0.1, 0.15) is 0 Å². The molecule has 2 N–H and O–H groups in total. The molecule has 0 aliphatic carbocycles. The number of hydrogen-bond donors (Lipinski definition) is 2. The van der Waals surface area contributed by atoms with Crippen molar-refractivity contribution in [3.63, 3.8) is 0 Å². The van der Waals surface area contributed by atoms with Gasteiger partial charge in [0.25, 0.3) is 0 Å². The average Bonchev–Trinajstić information content (AvgIpc) is 2.24. The zero-order valence-corrected chi connectivity index (χ0v) is 12.4. The molecule has 1 aliphatic heterocycles. The summed E-state index contributed by atoms with van der Waals surface area (Å²) < 4.78 is 5.58. The van der Waals surface area contributed by atoms with E-state index >= 15 is 0 Å². The molecule has 0 aromatic carbocycles. The van der Waals surface area contributed by atoms with E-state index in [2.05, 4.69) is 33.0 Å². The highest BCUT2D eigenvalue weighted by molar-refractivity contribution is 8.00. The molecule has 3 nitrogen and oxygen atoms in total. The van der Waals surface area contributed by atoms with Gasteiger partial charge in [-0.25, -0.2) is 0 Å². The van der Waals surface area contributed by atoms with E-state index in [0.29, 0.717) is 30.5 Å². The smallest absolute Gasteiger partial charge is 0.0815 e. The van der Waals surface area contributed by atoms with Crippen molar-refractivity contribution >= 4 is 11.8 Å². The fourth-order valence-electron chi connectivity index (χ4n) is 1.73. The maximum Gasteiger partial charge on any atom is 0.0815 e. The minimum atomic E-state index is -0.557. The third kappa shape index (κ3) is 6.65. The van der Waals surface area contributed by atoms with Crippen LogP contribution < -0.4 is 5.32 Å². The maximum absolute atomic E-state index is 10.3. The Bertz CT molecular complexity index is 222. The van der Waals surface area contributed by atoms with E-state index in [-0.39, 0.29) is 0 Å². The van der Waals surface area contributed by atoms with Crippen LogP contribution in [0.1, 0.15) is 40.5 Å². The number of rotatable bonds is 5. The van der Waals surface area contributed by atoms with E-state index in [1.54, 1.807) is 0 Å². The van der Waals surface area contributed by atoms with Crippen LogP contribution in [0.3, 0.4) is 0 Å². The van der Waals surface area contributed by atoms with Crippen LogP contribution in [0.25, 0.3) is 0 Å². The van der Waals surface area contributed by atoms with Crippen molar-refractivity contribution in [3.8, 4) is 0 Å². The molecule has 1 fully saturated rings. The summed E-state index contributed by atoms with van der Waals surface area (Å²) in [5, 5.41) is 13.7. The van der Waals surface area contributed by atoms with Gasteiger partial charge in [-0.05, 0) is 6.92 Å². The van der Waals surface area contributed by atoms with E-state index in [1.165, 1.54) is 0 Å². The van der Waals surface area contributed by atoms with E-state index in [4.69, 9.17) is 4.74 Å². The second-order valence-corrected chi connectivity index (χ2v) is 7.89. The number of thioether (sulfide) groups is 1. The molecule has 1 rings (SSSR count). The second-order valence-electron chi connectivity index (χ2n) is 6.04. The predicted octanol–water partition coefficient (Wildman–Crippen LogP) is 2.04. The van der Waals surface area contributed by atoms with Crippen molar-refractivity contribution in [2.24, 2.45) is 0 Å². The summed E-state index contributed by atoms with van der Waals surface area (Å²) in [6.07, 6.45) is 1.50. The maximum atomic E-state index is 10.3. The molecule has 0 radical (unpaired) electrons. The summed E-state index contributed by atoms with van der Waals surface area (Å²) in [6.45, 7) is 10.9. The number of aliphatic hydroxyl groups is 1. The van der Waals surface area contributed by atoms with Crippen molar-refractivity contribution in [2.75, 3.05) is 25.5 Å². The molecule has 17 heavy (non-hydrogen) atoms. The third-order valence-electron chi connectivity index (χ3n) is 2.97. The molecule has 1 heterocycles. The molecule has 0 amide bonds. The minimum absolute atomic E-state index is 0.311. The number of hydrogen-bond acceptors (Lipinski definition) is 4. The normalized spacial score (nSPS) is 22.4. The predicted molar refractivity (Wildman–Crippen MR) is 74.7 cm³/mol. The Morgan fingerprint density at radius 1 is 1.35 bits per heavy atom. The van der Waals surface area contributed by atoms with Crippen molar-refractivity contribution in [1.82, 2.24) is 5.32 Å². The summed E-state index contributed by atoms with van der Waals surface area (Å²) in [4.78, 5) is 0. The van der Waals surface area contributed by atoms with Gasteiger partial charge in [-0.2, -0.15) is 11.8 Å². The molecule has 1 aliphatic rings. The van der Waals surface area contributed by atoms with E-state index < -0.39 is 5.60 Å². The molecule has 1 saturated heterocycles. The molecule has 1 unspecified atom stereocenters. The summed E-state index contributed by atoms with van der Waals surface area (Å²) in [5.41, 5.74) is -0.557. The van der Waals surface area contributed by atoms with Gasteiger partial charge < -0.3 is 15.2 Å². The van der Waals surface area contributed by atoms with Crippen LogP contribution in [0, 0.1) is 0 Å². The average molecular weight is 261 g/mol. The van der Waals surface area contributed by atoms with Gasteiger partial charge in [-0.1, -0.05) is 20.8 Å². The van der Waals surface area contributed by atoms with Crippen LogP contribution in [0.2, 0.25) is 0 Å². The standard InChI is InChI=1S/C13H27NO2S/c1-11(9-17-12(2,3)4)14-10-13(15)5-7-16-8-6-13/h11,14-15H,5-10H2,1-4H3. The molecule has 0 spiro atoms. The second kappa shape index (κ2) is 6.41. The molecule has 0 aromatic heterocycles. The Labute approximate surface area is 110 Å². The van der Waals surface area contributed by atoms with Crippen LogP contribution in [0.4, 0.5) is 0 Å². The summed E-state index contributed by atoms with van der Waals surface area (Å²) >= 11 is 1.96. The molecular weight excluding hydrogens is 234 g/mol. The Hall–Kier alpha value is 0.230. The SMILES string of the molecule is CC(CSC(C)(C)C)NCC1(O)CCOCC1. The Morgan fingerprint density at radius 2 is 1.94 bits per heavy atom. The van der Waals surface area contributed by atoms with Crippen molar-refractivity contribution in [2.45, 2.75) is 56.9 Å². The lowest BCUT2D eigenvalue weighted by atomic mass is 9.94. The Morgan fingerprint density at radius 3 is 2.47 bits per heavy atom. The van der Waals surface area contributed by atoms with Gasteiger partial charge in [-0.3, -0.25) is 0 Å². The highest BCUT2D eigenvalue weighted by Gasteiger charge is 2.29. The van der Waals surface area contributed by atoms with Gasteiger partial charge in [0.05, 0.1) is 5.60 Å². The zero-order valence-electron chi connectivity index (χ0n) is 11.6. The van der Waals surface area contributed by atoms with Gasteiger partial charge in [0, 0.05) is 49.1 Å². The van der Waals surface area contributed by atoms with Crippen LogP contribution in [0.15, 0.2) is 0 Å². The topological polar surface area (TPSA) is 41.5 Å². The molecule has 1 atom stereocenters. The first-order valence-electron chi connectivity index (χ1n) is 6.48. The van der Waals surface area contributed by atoms with Gasteiger partial charge in [-0.15, -0.1) is 0 Å². The Kier molecular flexibility index (Phi) is 5.77. The highest BCUT2D eigenvalue weighted by atomic mass is 32.2. The van der Waals surface area contributed by atoms with Crippen molar-refractivity contribution in [1.29, 1.82) is 0 Å². The third-order valence-corrected chi connectivity index (χ3v) is 4.50. The minimum Gasteiger partial charge on any atom is -0.388 e. The fraction of sp³-hybridized carbons (Fsp3) is 1.00. The Balaban J connectivity index is 2.20. The molecule has 0 bridgehead atoms. The lowest BCUT2D eigenvalue weighted by molar-refractivity contribution is -0.0623. The highest BCUT2D eigenvalue weighted by Crippen LogP contribution is 2.24. The quantitative estimate of drug-likeness (QED) is 0.795. The van der Waals surface area contributed by atoms with Gasteiger partial charge in [0.2, 0.25) is 0 Å². The van der Waals surface area contributed by atoms with E-state index in [9.17, 15) is 5.11 Å². The van der Waals surface area contributed by atoms with Gasteiger partial charge >= 0.3 is 0 Å². The lowest BCUT2D eigenvalue weighted by Gasteiger charge is -2.33. The van der Waals surface area contributed by atoms with Gasteiger partial charge in [0.15, 0.2) is 0 Å². The summed E-state index contributed by atoms with van der Waals surface area (Å²) in [5.74, 6) is 1.08.